The zero-order valence-electron chi connectivity index (χ0n) is 39.1. The molecule has 0 fully saturated rings. The van der Waals surface area contributed by atoms with Gasteiger partial charge in [-0.1, -0.05) is 171 Å². The van der Waals surface area contributed by atoms with Crippen LogP contribution in [0, 0.1) is 31.0 Å². The summed E-state index contributed by atoms with van der Waals surface area (Å²) in [6.07, 6.45) is 0.568. The number of alkyl halides is 1. The van der Waals surface area contributed by atoms with Crippen molar-refractivity contribution >= 4 is 176 Å². The van der Waals surface area contributed by atoms with Crippen LogP contribution < -0.4 is 57.7 Å². The molecule has 0 aliphatic carbocycles. The summed E-state index contributed by atoms with van der Waals surface area (Å²) in [5.74, 6) is 0.0486. The van der Waals surface area contributed by atoms with Crippen LogP contribution in [-0.2, 0) is 16.1 Å². The van der Waals surface area contributed by atoms with Gasteiger partial charge in [-0.25, -0.2) is 19.5 Å². The van der Waals surface area contributed by atoms with E-state index in [-0.39, 0.29) is 57.2 Å². The number of benzene rings is 6. The number of thiocarbonyl (C=S) groups is 3. The second-order valence-electron chi connectivity index (χ2n) is 12.8. The van der Waals surface area contributed by atoms with E-state index < -0.39 is 0 Å². The van der Waals surface area contributed by atoms with Crippen LogP contribution in [0.4, 0.5) is 39.3 Å². The van der Waals surface area contributed by atoms with Crippen molar-refractivity contribution in [3.8, 4) is 17.3 Å². The van der Waals surface area contributed by atoms with Crippen molar-refractivity contribution < 1.29 is 54.8 Å². The quantitative estimate of drug-likeness (QED) is 0.00897. The molecular weight excluding hydrogens is 1190 g/mol. The minimum Gasteiger partial charge on any atom is -0.662 e. The Morgan fingerprint density at radius 3 is 1.89 bits per heavy atom. The van der Waals surface area contributed by atoms with E-state index in [4.69, 9.17) is 105 Å². The Morgan fingerprint density at radius 1 is 0.853 bits per heavy atom. The summed E-state index contributed by atoms with van der Waals surface area (Å²) in [6.45, 7) is 19.9. The van der Waals surface area contributed by atoms with Gasteiger partial charge in [0.25, 0.3) is 6.47 Å². The van der Waals surface area contributed by atoms with Gasteiger partial charge in [-0.2, -0.15) is 10.3 Å². The first kappa shape index (κ1) is 73.2. The van der Waals surface area contributed by atoms with E-state index in [0.717, 1.165) is 27.6 Å². The SMILES string of the molecule is N.N#Cc1cccc(Nc2nc(-c3cccc(Cl)c3)cs2)c1.O.O=C(CBr)c1cccc(Cl)c1.O=CO[O-].S=C(Cl)Cl.[C-]#[N+]c1cccc(CC(N)=S)c1.[C-]#[N+]c1cccc(N)c1.[C-]#[N+]c1cccc(N=C=S)c1.[Na+]. The number of carbonyl (C=O) groups is 2. The van der Waals surface area contributed by atoms with E-state index in [1.54, 1.807) is 97.1 Å². The third-order valence-electron chi connectivity index (χ3n) is 7.73. The van der Waals surface area contributed by atoms with Gasteiger partial charge in [-0.05, 0) is 78.9 Å². The van der Waals surface area contributed by atoms with Gasteiger partial charge in [-0.15, -0.1) is 11.3 Å². The summed E-state index contributed by atoms with van der Waals surface area (Å²) in [4.78, 5) is 40.8. The van der Waals surface area contributed by atoms with E-state index in [1.165, 1.54) is 11.3 Å². The number of nitrogens with one attached hydrogen (secondary N) is 1. The number of ketones is 1. The second-order valence-corrected chi connectivity index (χ2v) is 17.6. The molecule has 0 aliphatic rings. The van der Waals surface area contributed by atoms with E-state index >= 15 is 0 Å². The molecule has 15 nitrogen and oxygen atoms in total. The summed E-state index contributed by atoms with van der Waals surface area (Å²) in [5.41, 5.74) is 18.8. The van der Waals surface area contributed by atoms with Crippen molar-refractivity contribution in [3.05, 3.63) is 212 Å². The zero-order valence-corrected chi connectivity index (χ0v) is 49.0. The van der Waals surface area contributed by atoms with Gasteiger partial charge in [0.15, 0.2) is 31.8 Å². The molecule has 0 spiro atoms. The number of hydrogen-bond donors (Lipinski definition) is 4. The summed E-state index contributed by atoms with van der Waals surface area (Å²) < 4.78 is -0.0556. The number of isothiocyanates is 1. The van der Waals surface area contributed by atoms with Crippen molar-refractivity contribution in [1.82, 2.24) is 11.1 Å². The molecule has 0 atom stereocenters. The monoisotopic (exact) mass is 1230 g/mol. The Morgan fingerprint density at radius 2 is 1.39 bits per heavy atom. The van der Waals surface area contributed by atoms with Crippen LogP contribution in [0.2, 0.25) is 10.0 Å². The van der Waals surface area contributed by atoms with E-state index in [9.17, 15) is 4.79 Å². The molecule has 0 aliphatic heterocycles. The number of Topliss-reactive ketones (excluding diaryl/α,β-unsaturated/α-hetero) is 1. The number of carbonyl (C=O) groups excluding carboxylic acids is 2. The fraction of sp³-hybridized carbons (Fsp3) is 0.0400. The molecule has 25 heteroatoms. The van der Waals surface area contributed by atoms with Crippen LogP contribution in [0.5, 0.6) is 0 Å². The molecule has 10 N–H and O–H groups in total. The number of aromatic nitrogens is 1. The average molecular weight is 1230 g/mol. The van der Waals surface area contributed by atoms with E-state index in [1.807, 2.05) is 53.9 Å². The number of nitrogen functional groups attached to an aromatic ring is 1. The van der Waals surface area contributed by atoms with Crippen LogP contribution in [-0.4, -0.2) is 42.0 Å². The fourth-order valence-corrected chi connectivity index (χ4v) is 6.57. The molecule has 0 amide bonds. The minimum absolute atomic E-state index is 0. The van der Waals surface area contributed by atoms with Crippen molar-refractivity contribution in [2.24, 2.45) is 10.7 Å². The minimum atomic E-state index is -0.181. The number of nitrogens with two attached hydrogens (primary N) is 2. The molecule has 0 unspecified atom stereocenters. The van der Waals surface area contributed by atoms with Gasteiger partial charge in [0.1, 0.15) is 0 Å². The largest absolute Gasteiger partial charge is 1.00 e. The number of nitriles is 1. The number of hydrogen-bond acceptors (Lipinski definition) is 14. The van der Waals surface area contributed by atoms with Gasteiger partial charge in [-0.3, -0.25) is 9.59 Å². The molecule has 0 saturated carbocycles. The summed E-state index contributed by atoms with van der Waals surface area (Å²) in [7, 11) is 0. The van der Waals surface area contributed by atoms with E-state index in [2.05, 4.69) is 86.3 Å². The Kier molecular flexibility index (Phi) is 43.2. The maximum atomic E-state index is 11.1. The number of anilines is 3. The molecule has 0 radical (unpaired) electrons. The molecule has 7 aromatic rings. The summed E-state index contributed by atoms with van der Waals surface area (Å²) >= 11 is 39.1. The summed E-state index contributed by atoms with van der Waals surface area (Å²) in [6, 6.07) is 45.0. The molecule has 380 valence electrons. The van der Waals surface area contributed by atoms with Gasteiger partial charge < -0.3 is 38.6 Å². The van der Waals surface area contributed by atoms with Gasteiger partial charge >= 0.3 is 29.6 Å². The van der Waals surface area contributed by atoms with Crippen LogP contribution in [0.3, 0.4) is 0 Å². The molecule has 1 heterocycles. The number of aliphatic imine (C=N–C) groups is 1. The van der Waals surface area contributed by atoms with Crippen LogP contribution in [0.25, 0.3) is 25.8 Å². The van der Waals surface area contributed by atoms with Crippen molar-refractivity contribution in [2.45, 2.75) is 6.42 Å². The second kappa shape index (κ2) is 44.3. The number of nitrogens with zero attached hydrogens (tertiary/aromatic N) is 6. The van der Waals surface area contributed by atoms with Crippen molar-refractivity contribution in [2.75, 3.05) is 16.4 Å². The fourth-order valence-electron chi connectivity index (χ4n) is 4.86. The Balaban J connectivity index is -0.000000850. The van der Waals surface area contributed by atoms with Gasteiger partial charge in [0.05, 0.1) is 58.2 Å². The predicted molar refractivity (Wildman–Crippen MR) is 314 cm³/mol. The molecule has 0 bridgehead atoms. The Labute approximate surface area is 504 Å². The van der Waals surface area contributed by atoms with Crippen LogP contribution in [0.15, 0.2) is 156 Å². The number of halogens is 5. The standard InChI is InChI=1S/C16H10ClN3S.C9H8N2S.C8H6BrClO.C8H4N2S.C7H6N2.CCl2S.CH2O3.H3N.Na.H2O/c17-13-5-2-4-12(8-13)15-10-21-16(20-15)19-14-6-1-3-11(7-14)9-18;1-11-8-4-2-3-7(5-8)6-9(10)12;9-5-8(11)6-2-1-3-7(10)4-6;1-9-7-3-2-4-8(5-7)10-6-11;1-9-7-4-2-3-6(8)5-7;2-1(3)4;2-1-4-3;;;/h1-8,10H,(H,19,20);2-5H,6H2,(H2,10,12);1-4H,5H2;2-5H;2-5H,8H2;;1,3H;1H3;;1H2/q;;;;;;;;+1;/p-1. The van der Waals surface area contributed by atoms with E-state index in [0.29, 0.717) is 66.3 Å². The Hall–Kier alpha value is -6.05. The molecule has 75 heavy (non-hydrogen) atoms. The molecule has 7 rings (SSSR count). The molecular formula is C50H40BrCl4N10NaO5S4. The number of rotatable bonds is 9. The zero-order chi connectivity index (χ0) is 53.7. The van der Waals surface area contributed by atoms with Crippen molar-refractivity contribution in [3.63, 3.8) is 0 Å². The number of thiazole rings is 1. The normalized spacial score (nSPS) is 8.45. The maximum Gasteiger partial charge on any atom is 1.00 e. The molecule has 0 saturated heterocycles. The van der Waals surface area contributed by atoms with Gasteiger partial charge in [0, 0.05) is 44.3 Å². The third-order valence-corrected chi connectivity index (χ3v) is 9.70. The summed E-state index contributed by atoms with van der Waals surface area (Å²) in [5, 5.41) is 27.2. The first-order chi connectivity index (χ1) is 34.5. The smallest absolute Gasteiger partial charge is 0.662 e. The Bertz CT molecular complexity index is 3130. The van der Waals surface area contributed by atoms with Crippen LogP contribution in [0.1, 0.15) is 21.5 Å². The molecule has 6 aromatic carbocycles. The maximum absolute atomic E-state index is 11.1. The van der Waals surface area contributed by atoms with Crippen molar-refractivity contribution in [1.29, 1.82) is 5.26 Å². The third kappa shape index (κ3) is 34.2. The first-order valence-electron chi connectivity index (χ1n) is 19.5. The van der Waals surface area contributed by atoms with Crippen LogP contribution >= 0.6 is 110 Å². The predicted octanol–water partition coefficient (Wildman–Crippen LogP) is 11.4. The topological polar surface area (TPSA) is 259 Å². The van der Waals surface area contributed by atoms with Gasteiger partial charge in [0.2, 0.25) is 0 Å². The molecule has 1 aromatic heterocycles. The average Bonchev–Trinajstić information content (AvgIpc) is 3.85. The first-order valence-corrected chi connectivity index (χ1v) is 24.2.